The monoisotopic (exact) mass is 277 g/mol. The van der Waals surface area contributed by atoms with Crippen molar-refractivity contribution < 1.29 is 4.79 Å². The van der Waals surface area contributed by atoms with Gasteiger partial charge in [-0.1, -0.05) is 23.9 Å². The minimum absolute atomic E-state index is 0.0259. The van der Waals surface area contributed by atoms with Gasteiger partial charge in [-0.25, -0.2) is 4.98 Å². The molecule has 2 rings (SSSR count). The van der Waals surface area contributed by atoms with E-state index in [1.807, 2.05) is 52.0 Å². The molecule has 0 spiro atoms. The molecule has 1 aromatic carbocycles. The molecule has 0 aliphatic heterocycles. The van der Waals surface area contributed by atoms with Crippen molar-refractivity contribution in [3.8, 4) is 0 Å². The lowest BCUT2D eigenvalue weighted by molar-refractivity contribution is -0.121. The van der Waals surface area contributed by atoms with Gasteiger partial charge < -0.3 is 10.3 Å². The van der Waals surface area contributed by atoms with E-state index < -0.39 is 0 Å². The van der Waals surface area contributed by atoms with Crippen LogP contribution in [0.4, 0.5) is 0 Å². The van der Waals surface area contributed by atoms with Gasteiger partial charge in [-0.05, 0) is 39.8 Å². The van der Waals surface area contributed by atoms with Gasteiger partial charge in [0.05, 0.1) is 16.3 Å². The number of aromatic nitrogens is 2. The number of hydrogen-bond donors (Lipinski definition) is 2. The zero-order valence-corrected chi connectivity index (χ0v) is 12.5. The maximum Gasteiger partial charge on any atom is 0.233 e. The van der Waals surface area contributed by atoms with Crippen molar-refractivity contribution in [1.29, 1.82) is 0 Å². The second kappa shape index (κ2) is 5.25. The number of H-pyrrole nitrogens is 1. The maximum atomic E-state index is 12.0. The lowest BCUT2D eigenvalue weighted by atomic mass is 10.1. The number of carbonyl (C=O) groups is 1. The lowest BCUT2D eigenvalue weighted by Crippen LogP contribution is -2.44. The fourth-order valence-electron chi connectivity index (χ4n) is 1.68. The maximum absolute atomic E-state index is 12.0. The summed E-state index contributed by atoms with van der Waals surface area (Å²) in [5.41, 5.74) is 1.71. The third kappa shape index (κ3) is 3.73. The van der Waals surface area contributed by atoms with Crippen LogP contribution in [0, 0.1) is 0 Å². The first kappa shape index (κ1) is 13.9. The molecule has 0 radical (unpaired) electrons. The highest BCUT2D eigenvalue weighted by atomic mass is 32.2. The summed E-state index contributed by atoms with van der Waals surface area (Å²) in [7, 11) is 0. The molecule has 19 heavy (non-hydrogen) atoms. The molecule has 0 saturated carbocycles. The molecule has 0 unspecified atom stereocenters. The van der Waals surface area contributed by atoms with E-state index in [1.54, 1.807) is 0 Å². The summed E-state index contributed by atoms with van der Waals surface area (Å²) in [6, 6.07) is 7.85. The molecule has 0 aliphatic carbocycles. The van der Waals surface area contributed by atoms with Gasteiger partial charge in [0.25, 0.3) is 0 Å². The summed E-state index contributed by atoms with van der Waals surface area (Å²) in [4.78, 5) is 19.7. The molecule has 1 aromatic heterocycles. The molecule has 1 heterocycles. The number of fused-ring (bicyclic) bond motifs is 1. The van der Waals surface area contributed by atoms with E-state index in [0.29, 0.717) is 0 Å². The average molecular weight is 277 g/mol. The van der Waals surface area contributed by atoms with Gasteiger partial charge in [-0.2, -0.15) is 0 Å². The van der Waals surface area contributed by atoms with E-state index in [2.05, 4.69) is 15.3 Å². The molecule has 0 aliphatic rings. The Morgan fingerprint density at radius 1 is 1.37 bits per heavy atom. The molecular weight excluding hydrogens is 258 g/mol. The van der Waals surface area contributed by atoms with Gasteiger partial charge in [0.1, 0.15) is 0 Å². The zero-order valence-electron chi connectivity index (χ0n) is 11.7. The average Bonchev–Trinajstić information content (AvgIpc) is 2.68. The Morgan fingerprint density at radius 3 is 2.68 bits per heavy atom. The van der Waals surface area contributed by atoms with Crippen LogP contribution in [-0.2, 0) is 4.79 Å². The summed E-state index contributed by atoms with van der Waals surface area (Å²) in [6.07, 6.45) is 0. The number of nitrogens with zero attached hydrogens (tertiary/aromatic N) is 1. The molecular formula is C14H19N3OS. The molecule has 1 atom stereocenters. The van der Waals surface area contributed by atoms with Gasteiger partial charge in [-0.15, -0.1) is 0 Å². The quantitative estimate of drug-likeness (QED) is 0.848. The van der Waals surface area contributed by atoms with Crippen LogP contribution in [0.2, 0.25) is 0 Å². The van der Waals surface area contributed by atoms with Gasteiger partial charge in [0.15, 0.2) is 5.16 Å². The zero-order chi connectivity index (χ0) is 14.0. The van der Waals surface area contributed by atoms with E-state index in [9.17, 15) is 4.79 Å². The SMILES string of the molecule is C[C@@H](Sc1nc2ccccc2[nH]1)C(=O)NC(C)(C)C. The Labute approximate surface area is 117 Å². The van der Waals surface area contributed by atoms with Crippen LogP contribution in [0.15, 0.2) is 29.4 Å². The predicted octanol–water partition coefficient (Wildman–Crippen LogP) is 2.96. The Balaban J connectivity index is 2.06. The summed E-state index contributed by atoms with van der Waals surface area (Å²) in [5, 5.41) is 3.57. The number of hydrogen-bond acceptors (Lipinski definition) is 3. The number of carbonyl (C=O) groups excluding carboxylic acids is 1. The van der Waals surface area contributed by atoms with Crippen molar-refractivity contribution in [2.45, 2.75) is 43.6 Å². The first-order valence-electron chi connectivity index (χ1n) is 6.28. The highest BCUT2D eigenvalue weighted by molar-refractivity contribution is 8.00. The van der Waals surface area contributed by atoms with E-state index in [-0.39, 0.29) is 16.7 Å². The third-order valence-corrected chi connectivity index (χ3v) is 3.51. The minimum Gasteiger partial charge on any atom is -0.351 e. The van der Waals surface area contributed by atoms with Crippen molar-refractivity contribution in [3.63, 3.8) is 0 Å². The van der Waals surface area contributed by atoms with Crippen LogP contribution < -0.4 is 5.32 Å². The number of benzene rings is 1. The van der Waals surface area contributed by atoms with Crippen molar-refractivity contribution in [3.05, 3.63) is 24.3 Å². The number of aromatic amines is 1. The predicted molar refractivity (Wildman–Crippen MR) is 79.3 cm³/mol. The smallest absolute Gasteiger partial charge is 0.233 e. The van der Waals surface area contributed by atoms with Crippen molar-refractivity contribution >= 4 is 28.7 Å². The molecule has 0 fully saturated rings. The summed E-state index contributed by atoms with van der Waals surface area (Å²) in [6.45, 7) is 7.81. The second-order valence-electron chi connectivity index (χ2n) is 5.56. The summed E-state index contributed by atoms with van der Waals surface area (Å²) < 4.78 is 0. The highest BCUT2D eigenvalue weighted by Gasteiger charge is 2.21. The molecule has 2 N–H and O–H groups in total. The van der Waals surface area contributed by atoms with Gasteiger partial charge in [-0.3, -0.25) is 4.79 Å². The molecule has 1 amide bonds. The first-order chi connectivity index (χ1) is 8.85. The Hall–Kier alpha value is -1.49. The van der Waals surface area contributed by atoms with Crippen LogP contribution in [0.1, 0.15) is 27.7 Å². The largest absolute Gasteiger partial charge is 0.351 e. The van der Waals surface area contributed by atoms with Gasteiger partial charge in [0, 0.05) is 5.54 Å². The van der Waals surface area contributed by atoms with Gasteiger partial charge in [0.2, 0.25) is 5.91 Å². The van der Waals surface area contributed by atoms with E-state index in [1.165, 1.54) is 11.8 Å². The number of nitrogens with one attached hydrogen (secondary N) is 2. The van der Waals surface area contributed by atoms with E-state index in [4.69, 9.17) is 0 Å². The number of imidazole rings is 1. The Bertz CT molecular complexity index is 553. The highest BCUT2D eigenvalue weighted by Crippen LogP contribution is 2.23. The lowest BCUT2D eigenvalue weighted by Gasteiger charge is -2.22. The van der Waals surface area contributed by atoms with Crippen LogP contribution in [0.3, 0.4) is 0 Å². The first-order valence-corrected chi connectivity index (χ1v) is 7.16. The fraction of sp³-hybridized carbons (Fsp3) is 0.429. The molecule has 4 nitrogen and oxygen atoms in total. The molecule has 0 saturated heterocycles. The van der Waals surface area contributed by atoms with Crippen LogP contribution >= 0.6 is 11.8 Å². The van der Waals surface area contributed by atoms with Crippen LogP contribution in [-0.4, -0.2) is 26.7 Å². The molecule has 102 valence electrons. The standard InChI is InChI=1S/C14H19N3OS/c1-9(12(18)17-14(2,3)4)19-13-15-10-7-5-6-8-11(10)16-13/h5-9H,1-4H3,(H,15,16)(H,17,18)/t9-/m1/s1. The van der Waals surface area contributed by atoms with E-state index >= 15 is 0 Å². The Kier molecular flexibility index (Phi) is 3.85. The van der Waals surface area contributed by atoms with E-state index in [0.717, 1.165) is 16.2 Å². The van der Waals surface area contributed by atoms with Gasteiger partial charge >= 0.3 is 0 Å². The number of para-hydroxylation sites is 2. The molecule has 0 bridgehead atoms. The fourth-order valence-corrected chi connectivity index (χ4v) is 2.50. The topological polar surface area (TPSA) is 57.8 Å². The van der Waals surface area contributed by atoms with Crippen LogP contribution in [0.5, 0.6) is 0 Å². The normalized spacial score (nSPS) is 13.5. The number of amides is 1. The molecule has 5 heteroatoms. The number of thioether (sulfide) groups is 1. The van der Waals surface area contributed by atoms with Crippen molar-refractivity contribution in [2.24, 2.45) is 0 Å². The number of rotatable bonds is 3. The minimum atomic E-state index is -0.209. The Morgan fingerprint density at radius 2 is 2.05 bits per heavy atom. The summed E-state index contributed by atoms with van der Waals surface area (Å²) >= 11 is 1.44. The van der Waals surface area contributed by atoms with Crippen molar-refractivity contribution in [1.82, 2.24) is 15.3 Å². The molecule has 2 aromatic rings. The summed E-state index contributed by atoms with van der Waals surface area (Å²) in [5.74, 6) is 0.0259. The second-order valence-corrected chi connectivity index (χ2v) is 6.89. The van der Waals surface area contributed by atoms with Crippen molar-refractivity contribution in [2.75, 3.05) is 0 Å². The van der Waals surface area contributed by atoms with Crippen LogP contribution in [0.25, 0.3) is 11.0 Å². The third-order valence-electron chi connectivity index (χ3n) is 2.52.